The van der Waals surface area contributed by atoms with Crippen molar-refractivity contribution in [2.75, 3.05) is 13.2 Å². The minimum atomic E-state index is -1.84. The number of aliphatic hydroxyl groups excluding tert-OH is 2. The molecule has 0 aromatic carbocycles. The number of fused-ring (bicyclic) bond motifs is 10. The van der Waals surface area contributed by atoms with Crippen molar-refractivity contribution in [3.05, 3.63) is 47.6 Å². The molecule has 8 rings (SSSR count). The van der Waals surface area contributed by atoms with Gasteiger partial charge in [0.2, 0.25) is 11.6 Å². The second-order valence-corrected chi connectivity index (χ2v) is 20.9. The molecule has 0 bridgehead atoms. The van der Waals surface area contributed by atoms with E-state index in [4.69, 9.17) is 9.47 Å². The molecule has 16 atom stereocenters. The van der Waals surface area contributed by atoms with Crippen LogP contribution < -0.4 is 0 Å². The van der Waals surface area contributed by atoms with Gasteiger partial charge in [-0.25, -0.2) is 0 Å². The van der Waals surface area contributed by atoms with Crippen LogP contribution in [-0.4, -0.2) is 92.1 Å². The number of hydrogen-bond donors (Lipinski definition) is 4. The van der Waals surface area contributed by atoms with E-state index in [0.717, 1.165) is 24.0 Å². The normalized spacial score (nSPS) is 47.4. The lowest BCUT2D eigenvalue weighted by molar-refractivity contribution is -0.183. The number of ether oxygens (including phenoxy) is 2. The summed E-state index contributed by atoms with van der Waals surface area (Å²) in [4.78, 5) is 77.6. The Hall–Kier alpha value is -3.58. The predicted molar refractivity (Wildman–Crippen MR) is 216 cm³/mol. The highest BCUT2D eigenvalue weighted by Gasteiger charge is 2.70. The molecule has 60 heavy (non-hydrogen) atoms. The minimum Gasteiger partial charge on any atom is -0.458 e. The van der Waals surface area contributed by atoms with Crippen LogP contribution in [0.25, 0.3) is 0 Å². The van der Waals surface area contributed by atoms with Gasteiger partial charge in [-0.3, -0.25) is 28.8 Å². The smallest absolute Gasteiger partial charge is 0.306 e. The Balaban J connectivity index is 0.840. The molecule has 12 nitrogen and oxygen atoms in total. The number of rotatable bonds is 9. The maximum Gasteiger partial charge on any atom is 0.306 e. The van der Waals surface area contributed by atoms with Crippen LogP contribution in [0.3, 0.4) is 0 Å². The minimum absolute atomic E-state index is 0.00487. The van der Waals surface area contributed by atoms with E-state index < -0.39 is 94.6 Å². The van der Waals surface area contributed by atoms with E-state index in [-0.39, 0.29) is 84.6 Å². The van der Waals surface area contributed by atoms with Crippen LogP contribution in [0, 0.1) is 69.0 Å². The van der Waals surface area contributed by atoms with Gasteiger partial charge in [-0.05, 0) is 111 Å². The molecule has 12 heteroatoms. The molecular formula is C48H62O12. The van der Waals surface area contributed by atoms with Crippen LogP contribution >= 0.6 is 0 Å². The molecule has 0 aromatic heterocycles. The zero-order valence-electron chi connectivity index (χ0n) is 35.8. The Morgan fingerprint density at radius 2 is 1.02 bits per heavy atom. The van der Waals surface area contributed by atoms with Crippen LogP contribution in [0.2, 0.25) is 0 Å². The topological polar surface area (TPSA) is 202 Å². The third kappa shape index (κ3) is 6.11. The maximum absolute atomic E-state index is 13.7. The summed E-state index contributed by atoms with van der Waals surface area (Å²) in [5.41, 5.74) is -4.63. The molecular weight excluding hydrogens is 769 g/mol. The lowest BCUT2D eigenvalue weighted by Gasteiger charge is -2.60. The van der Waals surface area contributed by atoms with Gasteiger partial charge < -0.3 is 29.9 Å². The highest BCUT2D eigenvalue weighted by atomic mass is 16.5. The molecule has 0 spiro atoms. The fourth-order valence-electron chi connectivity index (χ4n) is 15.3. The molecule has 2 unspecified atom stereocenters. The number of esters is 2. The van der Waals surface area contributed by atoms with Crippen molar-refractivity contribution in [2.24, 2.45) is 69.0 Å². The van der Waals surface area contributed by atoms with Gasteiger partial charge in [-0.1, -0.05) is 64.8 Å². The summed E-state index contributed by atoms with van der Waals surface area (Å²) < 4.78 is 10.6. The Kier molecular flexibility index (Phi) is 10.4. The van der Waals surface area contributed by atoms with Crippen molar-refractivity contribution in [2.45, 2.75) is 129 Å². The fraction of sp³-hybridized carbons (Fsp3) is 0.708. The van der Waals surface area contributed by atoms with Gasteiger partial charge in [0.1, 0.15) is 11.2 Å². The Labute approximate surface area is 351 Å². The highest BCUT2D eigenvalue weighted by molar-refractivity contribution is 6.02. The Morgan fingerprint density at radius 3 is 1.38 bits per heavy atom. The van der Waals surface area contributed by atoms with Gasteiger partial charge in [0.25, 0.3) is 0 Å². The number of allylic oxidation sites excluding steroid dienone is 8. The zero-order valence-corrected chi connectivity index (χ0v) is 35.8. The van der Waals surface area contributed by atoms with Gasteiger partial charge in [0.15, 0.2) is 24.8 Å². The van der Waals surface area contributed by atoms with Crippen LogP contribution in [0.5, 0.6) is 0 Å². The Morgan fingerprint density at radius 1 is 0.650 bits per heavy atom. The highest BCUT2D eigenvalue weighted by Crippen LogP contribution is 2.69. The largest absolute Gasteiger partial charge is 0.458 e. The lowest BCUT2D eigenvalue weighted by atomic mass is 9.45. The SMILES string of the molecule is C[C@@H]1C[C@@H]2[C@H](C(O)C[C@@]3(C)[C@H]2CC[C@]3(O)C(=O)COC(=O)CCC(=O)OCC(=O)[C@]2(O)CC[C@@H]3[C@H]4C[C@H](C)C5=CC(=O)C=C[C@@]5(C)[C@@H]4C(O)C[C@]32C)[C@@]2(C)C=CC(=O)C=C12. The average molecular weight is 831 g/mol. The number of hydrogen-bond acceptors (Lipinski definition) is 12. The number of carbonyl (C=O) groups excluding carboxylic acids is 6. The number of ketones is 4. The van der Waals surface area contributed by atoms with Crippen LogP contribution in [0.15, 0.2) is 47.6 Å². The fourth-order valence-corrected chi connectivity index (χ4v) is 15.3. The molecule has 0 aliphatic heterocycles. The molecule has 6 fully saturated rings. The van der Waals surface area contributed by atoms with Gasteiger partial charge in [0, 0.05) is 33.5 Å². The van der Waals surface area contributed by atoms with E-state index in [0.29, 0.717) is 12.8 Å². The van der Waals surface area contributed by atoms with E-state index >= 15 is 0 Å². The van der Waals surface area contributed by atoms with Crippen LogP contribution in [-0.2, 0) is 38.2 Å². The summed E-state index contributed by atoms with van der Waals surface area (Å²) in [6.45, 7) is 10.6. The first-order valence-electron chi connectivity index (χ1n) is 22.1. The summed E-state index contributed by atoms with van der Waals surface area (Å²) in [7, 11) is 0. The predicted octanol–water partition coefficient (Wildman–Crippen LogP) is 4.50. The maximum atomic E-state index is 13.7. The first-order valence-corrected chi connectivity index (χ1v) is 22.1. The zero-order chi connectivity index (χ0) is 43.5. The first kappa shape index (κ1) is 43.1. The first-order chi connectivity index (χ1) is 28.0. The number of aliphatic hydroxyl groups is 4. The third-order valence-corrected chi connectivity index (χ3v) is 18.1. The molecule has 4 N–H and O–H groups in total. The van der Waals surface area contributed by atoms with Crippen LogP contribution in [0.1, 0.15) is 106 Å². The quantitative estimate of drug-likeness (QED) is 0.238. The monoisotopic (exact) mass is 830 g/mol. The van der Waals surface area contributed by atoms with Crippen molar-refractivity contribution >= 4 is 35.1 Å². The van der Waals surface area contributed by atoms with Crippen LogP contribution in [0.4, 0.5) is 0 Å². The van der Waals surface area contributed by atoms with E-state index in [1.165, 1.54) is 0 Å². The summed E-state index contributed by atoms with van der Waals surface area (Å²) >= 11 is 0. The number of carbonyl (C=O) groups is 6. The second-order valence-electron chi connectivity index (χ2n) is 20.9. The second kappa shape index (κ2) is 14.5. The van der Waals surface area contributed by atoms with Gasteiger partial charge >= 0.3 is 11.9 Å². The van der Waals surface area contributed by atoms with Crippen molar-refractivity contribution in [3.63, 3.8) is 0 Å². The molecule has 6 saturated carbocycles. The van der Waals surface area contributed by atoms with Gasteiger partial charge in [0.05, 0.1) is 25.0 Å². The molecule has 8 aliphatic rings. The van der Waals surface area contributed by atoms with Crippen molar-refractivity contribution in [1.29, 1.82) is 0 Å². The molecule has 0 radical (unpaired) electrons. The molecule has 326 valence electrons. The summed E-state index contributed by atoms with van der Waals surface area (Å²) in [5, 5.41) is 47.5. The van der Waals surface area contributed by atoms with E-state index in [1.54, 1.807) is 24.3 Å². The molecule has 0 aromatic rings. The van der Waals surface area contributed by atoms with Crippen molar-refractivity contribution in [3.8, 4) is 0 Å². The lowest BCUT2D eigenvalue weighted by Crippen LogP contribution is -2.62. The summed E-state index contributed by atoms with van der Waals surface area (Å²) in [6, 6.07) is 0. The Bertz CT molecular complexity index is 1890. The van der Waals surface area contributed by atoms with E-state index in [1.807, 2.05) is 26.0 Å². The van der Waals surface area contributed by atoms with E-state index in [2.05, 4.69) is 27.7 Å². The average Bonchev–Trinajstić information content (AvgIpc) is 3.61. The standard InChI is InChI=1S/C48H62O12/c1-25-17-29-31-11-15-47(57,45(31,5)21-35(51)41(29)43(3)13-9-27(49)19-33(25)43)37(53)23-59-39(55)7-8-40(56)60-24-38(54)48(58)16-12-32-30-18-26(2)34-20-28(50)10-14-44(34,4)42(30)36(52)22-46(32,48)6/h9-10,13-14,19-20,25-26,29-32,35-36,41-42,51-52,57-58H,7-8,11-12,15-18,21-24H2,1-6H3/t25-,26+,29+,30-,31+,32-,35?,36?,41-,42+,43+,44-,45+,46-,47+,48-. The molecule has 8 aliphatic carbocycles. The van der Waals surface area contributed by atoms with Gasteiger partial charge in [-0.15, -0.1) is 0 Å². The van der Waals surface area contributed by atoms with Crippen molar-refractivity contribution in [1.82, 2.24) is 0 Å². The summed E-state index contributed by atoms with van der Waals surface area (Å²) in [5.74, 6) is -3.51. The van der Waals surface area contributed by atoms with E-state index in [9.17, 15) is 49.2 Å². The molecule has 0 saturated heterocycles. The summed E-state index contributed by atoms with van der Waals surface area (Å²) in [6.07, 6.45) is 11.0. The molecule has 0 heterocycles. The number of Topliss-reactive ketones (excluding diaryl/α,β-unsaturated/α-hetero) is 2. The van der Waals surface area contributed by atoms with Gasteiger partial charge in [-0.2, -0.15) is 0 Å². The molecule has 0 amide bonds. The third-order valence-electron chi connectivity index (χ3n) is 18.1. The van der Waals surface area contributed by atoms with Crippen molar-refractivity contribution < 1.29 is 58.7 Å².